The van der Waals surface area contributed by atoms with Crippen LogP contribution >= 0.6 is 0 Å². The molecule has 10 heteroatoms. The summed E-state index contributed by atoms with van der Waals surface area (Å²) in [7, 11) is 4.88. The number of methoxy groups -OCH3 is 2. The minimum absolute atomic E-state index is 0.0739. The Balaban J connectivity index is 1.45. The van der Waals surface area contributed by atoms with Crippen LogP contribution in [0.5, 0.6) is 11.5 Å². The van der Waals surface area contributed by atoms with Gasteiger partial charge in [-0.1, -0.05) is 24.3 Å². The number of nitrogens with one attached hydrogen (secondary N) is 1. The van der Waals surface area contributed by atoms with Crippen LogP contribution in [-0.4, -0.2) is 88.1 Å². The monoisotopic (exact) mass is 564 g/mol. The summed E-state index contributed by atoms with van der Waals surface area (Å²) < 4.78 is 22.4. The number of hydrogen-bond acceptors (Lipinski definition) is 8. The largest absolute Gasteiger partial charge is 0.493 e. The van der Waals surface area contributed by atoms with Crippen molar-refractivity contribution in [1.82, 2.24) is 15.2 Å². The molecule has 1 saturated heterocycles. The zero-order valence-corrected chi connectivity index (χ0v) is 24.5. The molecule has 1 aliphatic rings. The molecule has 1 aromatic heterocycles. The van der Waals surface area contributed by atoms with Crippen LogP contribution in [0.15, 0.2) is 54.7 Å². The van der Waals surface area contributed by atoms with Gasteiger partial charge in [-0.15, -0.1) is 0 Å². The standard InChI is InChI=1S/C31H40N4O6/c1-21(2)35(30(36)23-11-12-26(39-5)27(17-23)40-16-8-15-38-4)20-24-18-32-19-28(24)41-31(37)34(3)29-25-10-7-6-9-22(25)13-14-33-29/h6-7,9-14,17,21,24,28,32H,8,15-16,18-20H2,1-5H3/t24-,28-/m1/s1. The average Bonchev–Trinajstić information content (AvgIpc) is 3.43. The Bertz CT molecular complexity index is 1330. The van der Waals surface area contributed by atoms with Crippen LogP contribution in [0, 0.1) is 5.92 Å². The maximum absolute atomic E-state index is 13.7. The Hall–Kier alpha value is -3.89. The van der Waals surface area contributed by atoms with Crippen LogP contribution in [0.4, 0.5) is 10.6 Å². The van der Waals surface area contributed by atoms with Crippen molar-refractivity contribution < 1.29 is 28.5 Å². The molecule has 3 aromatic rings. The first-order valence-corrected chi connectivity index (χ1v) is 13.9. The Kier molecular flexibility index (Phi) is 10.4. The molecule has 2 amide bonds. The zero-order chi connectivity index (χ0) is 29.4. The molecule has 10 nitrogen and oxygen atoms in total. The number of fused-ring (bicyclic) bond motifs is 1. The SMILES string of the molecule is COCCCOc1cc(C(=O)N(C[C@H]2CNC[C@H]2OC(=O)N(C)c2nccc3ccccc23)C(C)C)ccc1OC. The van der Waals surface area contributed by atoms with Crippen LogP contribution in [0.2, 0.25) is 0 Å². The lowest BCUT2D eigenvalue weighted by molar-refractivity contribution is 0.0541. The highest BCUT2D eigenvalue weighted by Gasteiger charge is 2.35. The minimum Gasteiger partial charge on any atom is -0.493 e. The summed E-state index contributed by atoms with van der Waals surface area (Å²) in [5.74, 6) is 1.40. The van der Waals surface area contributed by atoms with E-state index in [9.17, 15) is 9.59 Å². The van der Waals surface area contributed by atoms with Crippen LogP contribution in [0.25, 0.3) is 10.8 Å². The molecule has 4 rings (SSSR count). The van der Waals surface area contributed by atoms with Gasteiger partial charge >= 0.3 is 6.09 Å². The predicted molar refractivity (Wildman–Crippen MR) is 158 cm³/mol. The lowest BCUT2D eigenvalue weighted by Gasteiger charge is -2.32. The Labute approximate surface area is 241 Å². The fourth-order valence-electron chi connectivity index (χ4n) is 4.95. The Morgan fingerprint density at radius 3 is 2.61 bits per heavy atom. The van der Waals surface area contributed by atoms with Crippen LogP contribution in [0.3, 0.4) is 0 Å². The summed E-state index contributed by atoms with van der Waals surface area (Å²) in [6.45, 7) is 6.54. The van der Waals surface area contributed by atoms with E-state index in [1.54, 1.807) is 45.7 Å². The van der Waals surface area contributed by atoms with E-state index in [2.05, 4.69) is 10.3 Å². The summed E-state index contributed by atoms with van der Waals surface area (Å²) in [4.78, 5) is 34.6. The summed E-state index contributed by atoms with van der Waals surface area (Å²) >= 11 is 0. The van der Waals surface area contributed by atoms with Crippen molar-refractivity contribution in [3.8, 4) is 11.5 Å². The molecule has 2 aromatic carbocycles. The van der Waals surface area contributed by atoms with Gasteiger partial charge in [-0.05, 0) is 43.5 Å². The van der Waals surface area contributed by atoms with E-state index in [1.807, 2.05) is 49.1 Å². The molecule has 0 saturated carbocycles. The number of carbonyl (C=O) groups is 2. The van der Waals surface area contributed by atoms with Gasteiger partial charge in [0.15, 0.2) is 11.5 Å². The third-order valence-corrected chi connectivity index (χ3v) is 7.25. The second-order valence-electron chi connectivity index (χ2n) is 10.4. The normalized spacial score (nSPS) is 16.5. The quantitative estimate of drug-likeness (QED) is 0.324. The number of aromatic nitrogens is 1. The molecule has 2 atom stereocenters. The van der Waals surface area contributed by atoms with Crippen molar-refractivity contribution in [1.29, 1.82) is 0 Å². The minimum atomic E-state index is -0.486. The molecule has 0 unspecified atom stereocenters. The van der Waals surface area contributed by atoms with Gasteiger partial charge < -0.3 is 29.2 Å². The van der Waals surface area contributed by atoms with E-state index in [0.29, 0.717) is 55.7 Å². The second-order valence-corrected chi connectivity index (χ2v) is 10.4. The average molecular weight is 565 g/mol. The zero-order valence-electron chi connectivity index (χ0n) is 24.5. The molecule has 41 heavy (non-hydrogen) atoms. The lowest BCUT2D eigenvalue weighted by atomic mass is 10.0. The van der Waals surface area contributed by atoms with Gasteiger partial charge in [-0.25, -0.2) is 9.78 Å². The highest BCUT2D eigenvalue weighted by atomic mass is 16.6. The summed E-state index contributed by atoms with van der Waals surface area (Å²) in [6, 6.07) is 14.8. The molecule has 0 bridgehead atoms. The number of amides is 2. The summed E-state index contributed by atoms with van der Waals surface area (Å²) in [6.07, 6.45) is 1.52. The number of benzene rings is 2. The van der Waals surface area contributed by atoms with E-state index in [1.165, 1.54) is 4.90 Å². The van der Waals surface area contributed by atoms with Crippen molar-refractivity contribution >= 4 is 28.6 Å². The maximum atomic E-state index is 13.7. The molecule has 0 radical (unpaired) electrons. The van der Waals surface area contributed by atoms with Crippen LogP contribution in [-0.2, 0) is 9.47 Å². The summed E-state index contributed by atoms with van der Waals surface area (Å²) in [5, 5.41) is 5.18. The van der Waals surface area contributed by atoms with Crippen molar-refractivity contribution in [2.75, 3.05) is 59.0 Å². The molecule has 2 heterocycles. The van der Waals surface area contributed by atoms with Gasteiger partial charge in [0.2, 0.25) is 0 Å². The van der Waals surface area contributed by atoms with Gasteiger partial charge in [-0.3, -0.25) is 9.69 Å². The van der Waals surface area contributed by atoms with Crippen molar-refractivity contribution in [3.63, 3.8) is 0 Å². The van der Waals surface area contributed by atoms with Crippen molar-refractivity contribution in [2.45, 2.75) is 32.4 Å². The topological polar surface area (TPSA) is 102 Å². The van der Waals surface area contributed by atoms with Gasteiger partial charge in [0, 0.05) is 75.9 Å². The van der Waals surface area contributed by atoms with Gasteiger partial charge in [0.25, 0.3) is 5.91 Å². The molecular formula is C31H40N4O6. The van der Waals surface area contributed by atoms with E-state index < -0.39 is 12.2 Å². The van der Waals surface area contributed by atoms with Gasteiger partial charge in [0.05, 0.1) is 13.7 Å². The highest BCUT2D eigenvalue weighted by molar-refractivity contribution is 5.99. The van der Waals surface area contributed by atoms with Crippen LogP contribution in [0.1, 0.15) is 30.6 Å². The Morgan fingerprint density at radius 1 is 1.05 bits per heavy atom. The predicted octanol–water partition coefficient (Wildman–Crippen LogP) is 4.37. The number of carbonyl (C=O) groups excluding carboxylic acids is 2. The van der Waals surface area contributed by atoms with E-state index in [4.69, 9.17) is 18.9 Å². The number of anilines is 1. The Morgan fingerprint density at radius 2 is 1.85 bits per heavy atom. The summed E-state index contributed by atoms with van der Waals surface area (Å²) in [5.41, 5.74) is 0.502. The van der Waals surface area contributed by atoms with E-state index in [0.717, 1.165) is 17.2 Å². The first-order valence-electron chi connectivity index (χ1n) is 13.9. The van der Waals surface area contributed by atoms with Gasteiger partial charge in [0.1, 0.15) is 11.9 Å². The van der Waals surface area contributed by atoms with Crippen molar-refractivity contribution in [3.05, 3.63) is 60.3 Å². The van der Waals surface area contributed by atoms with E-state index in [-0.39, 0.29) is 17.9 Å². The van der Waals surface area contributed by atoms with Gasteiger partial charge in [-0.2, -0.15) is 0 Å². The number of pyridine rings is 1. The molecule has 0 aliphatic carbocycles. The fraction of sp³-hybridized carbons (Fsp3) is 0.452. The fourth-order valence-corrected chi connectivity index (χ4v) is 4.95. The molecule has 220 valence electrons. The first kappa shape index (κ1) is 30.1. The smallest absolute Gasteiger partial charge is 0.415 e. The second kappa shape index (κ2) is 14.1. The van der Waals surface area contributed by atoms with E-state index >= 15 is 0 Å². The molecule has 1 N–H and O–H groups in total. The number of rotatable bonds is 12. The number of nitrogens with zero attached hydrogens (tertiary/aromatic N) is 3. The van der Waals surface area contributed by atoms with Crippen molar-refractivity contribution in [2.24, 2.45) is 5.92 Å². The molecule has 0 spiro atoms. The first-order chi connectivity index (χ1) is 19.8. The lowest BCUT2D eigenvalue weighted by Crippen LogP contribution is -2.44. The number of hydrogen-bond donors (Lipinski definition) is 1. The maximum Gasteiger partial charge on any atom is 0.415 e. The molecule has 1 fully saturated rings. The molecule has 1 aliphatic heterocycles. The third kappa shape index (κ3) is 7.25. The highest BCUT2D eigenvalue weighted by Crippen LogP contribution is 2.30. The van der Waals surface area contributed by atoms with Crippen LogP contribution < -0.4 is 19.7 Å². The number of ether oxygens (including phenoxy) is 4. The third-order valence-electron chi connectivity index (χ3n) is 7.25. The molecular weight excluding hydrogens is 524 g/mol.